The lowest BCUT2D eigenvalue weighted by molar-refractivity contribution is -0.131. The van der Waals surface area contributed by atoms with E-state index in [1.165, 1.54) is 11.9 Å². The molecule has 1 aromatic rings. The summed E-state index contributed by atoms with van der Waals surface area (Å²) >= 11 is 0. The van der Waals surface area contributed by atoms with Crippen molar-refractivity contribution in [3.63, 3.8) is 0 Å². The minimum absolute atomic E-state index is 0.0519. The SMILES string of the molecule is CN1C(=O)CC(C#N)([Si](C)(C)c2ccccc2)N(C)C1=O. The number of amides is 3. The molecule has 1 fully saturated rings. The van der Waals surface area contributed by atoms with Crippen molar-refractivity contribution in [3.8, 4) is 6.07 Å². The second-order valence-corrected chi connectivity index (χ2v) is 10.6. The summed E-state index contributed by atoms with van der Waals surface area (Å²) in [5.41, 5.74) is 0. The van der Waals surface area contributed by atoms with E-state index in [0.717, 1.165) is 10.1 Å². The van der Waals surface area contributed by atoms with Crippen molar-refractivity contribution in [3.05, 3.63) is 30.3 Å². The summed E-state index contributed by atoms with van der Waals surface area (Å²) in [6.45, 7) is 4.07. The van der Waals surface area contributed by atoms with Gasteiger partial charge in [0.1, 0.15) is 13.2 Å². The number of nitrogens with zero attached hydrogens (tertiary/aromatic N) is 3. The van der Waals surface area contributed by atoms with Gasteiger partial charge in [-0.1, -0.05) is 48.6 Å². The van der Waals surface area contributed by atoms with Gasteiger partial charge in [0.15, 0.2) is 0 Å². The summed E-state index contributed by atoms with van der Waals surface area (Å²) < 4.78 is 0. The summed E-state index contributed by atoms with van der Waals surface area (Å²) in [6.07, 6.45) is 0.0519. The molecule has 3 amide bonds. The van der Waals surface area contributed by atoms with Crippen molar-refractivity contribution in [2.24, 2.45) is 0 Å². The van der Waals surface area contributed by atoms with Crippen molar-refractivity contribution in [1.82, 2.24) is 9.80 Å². The molecular formula is C15H19N3O2Si. The van der Waals surface area contributed by atoms with E-state index in [-0.39, 0.29) is 12.3 Å². The van der Waals surface area contributed by atoms with Crippen LogP contribution in [0.1, 0.15) is 6.42 Å². The topological polar surface area (TPSA) is 64.4 Å². The third-order valence-corrected chi connectivity index (χ3v) is 9.11. The zero-order chi connectivity index (χ0) is 15.8. The molecule has 0 spiro atoms. The van der Waals surface area contributed by atoms with E-state index in [0.29, 0.717) is 0 Å². The molecule has 0 N–H and O–H groups in total. The molecule has 1 aliphatic heterocycles. The van der Waals surface area contributed by atoms with Crippen molar-refractivity contribution in [1.29, 1.82) is 5.26 Å². The van der Waals surface area contributed by atoms with E-state index in [1.54, 1.807) is 7.05 Å². The van der Waals surface area contributed by atoms with Gasteiger partial charge in [-0.25, -0.2) is 4.79 Å². The first kappa shape index (κ1) is 15.3. The molecule has 0 aliphatic carbocycles. The van der Waals surface area contributed by atoms with Gasteiger partial charge in [-0.2, -0.15) is 5.26 Å². The summed E-state index contributed by atoms with van der Waals surface area (Å²) in [5.74, 6) is -0.295. The van der Waals surface area contributed by atoms with Gasteiger partial charge >= 0.3 is 6.03 Å². The number of hydrogen-bond donors (Lipinski definition) is 0. The van der Waals surface area contributed by atoms with Crippen LogP contribution in [0, 0.1) is 11.3 Å². The Labute approximate surface area is 125 Å². The van der Waals surface area contributed by atoms with E-state index in [2.05, 4.69) is 6.07 Å². The first-order valence-corrected chi connectivity index (χ1v) is 9.79. The Hall–Kier alpha value is -2.13. The normalized spacial score (nSPS) is 23.2. The summed E-state index contributed by atoms with van der Waals surface area (Å²) in [7, 11) is 0.666. The molecule has 0 aromatic heterocycles. The van der Waals surface area contributed by atoms with Crippen molar-refractivity contribution < 1.29 is 9.59 Å². The number of hydrogen-bond acceptors (Lipinski definition) is 3. The maximum atomic E-state index is 12.3. The maximum Gasteiger partial charge on any atom is 0.327 e. The molecule has 1 saturated heterocycles. The van der Waals surface area contributed by atoms with Crippen molar-refractivity contribution >= 4 is 25.2 Å². The van der Waals surface area contributed by atoms with Gasteiger partial charge in [0.05, 0.1) is 12.5 Å². The van der Waals surface area contributed by atoms with Crippen LogP contribution in [0.15, 0.2) is 30.3 Å². The molecule has 0 bridgehead atoms. The molecule has 1 aromatic carbocycles. The van der Waals surface area contributed by atoms with Crippen LogP contribution in [0.2, 0.25) is 13.1 Å². The van der Waals surface area contributed by atoms with Gasteiger partial charge in [-0.05, 0) is 0 Å². The molecular weight excluding hydrogens is 282 g/mol. The minimum atomic E-state index is -2.41. The molecule has 5 nitrogen and oxygen atoms in total. The third kappa shape index (κ3) is 2.05. The Balaban J connectivity index is 2.59. The van der Waals surface area contributed by atoms with E-state index in [1.807, 2.05) is 43.4 Å². The second kappa shape index (κ2) is 5.01. The molecule has 6 heteroatoms. The van der Waals surface area contributed by atoms with E-state index >= 15 is 0 Å². The molecule has 1 atom stereocenters. The van der Waals surface area contributed by atoms with E-state index in [4.69, 9.17) is 0 Å². The molecule has 0 saturated carbocycles. The van der Waals surface area contributed by atoms with Crippen molar-refractivity contribution in [2.75, 3.05) is 14.1 Å². The van der Waals surface area contributed by atoms with Gasteiger partial charge in [-0.3, -0.25) is 9.69 Å². The quantitative estimate of drug-likeness (QED) is 0.774. The lowest BCUT2D eigenvalue weighted by Gasteiger charge is -2.50. The largest absolute Gasteiger partial charge is 0.327 e. The predicted octanol–water partition coefficient (Wildman–Crippen LogP) is 1.32. The number of carbonyl (C=O) groups excluding carboxylic acids is 2. The fourth-order valence-electron chi connectivity index (χ4n) is 2.94. The Kier molecular flexibility index (Phi) is 3.64. The first-order chi connectivity index (χ1) is 9.78. The van der Waals surface area contributed by atoms with Crippen LogP contribution in [0.4, 0.5) is 4.79 Å². The molecule has 1 heterocycles. The number of nitriles is 1. The van der Waals surface area contributed by atoms with Crippen molar-refractivity contribution in [2.45, 2.75) is 24.7 Å². The highest BCUT2D eigenvalue weighted by atomic mass is 28.3. The van der Waals surface area contributed by atoms with Gasteiger partial charge < -0.3 is 4.90 Å². The van der Waals surface area contributed by atoms with Gasteiger partial charge in [-0.15, -0.1) is 0 Å². The molecule has 110 valence electrons. The predicted molar refractivity (Wildman–Crippen MR) is 82.4 cm³/mol. The maximum absolute atomic E-state index is 12.3. The Bertz CT molecular complexity index is 624. The van der Waals surface area contributed by atoms with Gasteiger partial charge in [0, 0.05) is 14.1 Å². The van der Waals surface area contributed by atoms with Crippen LogP contribution < -0.4 is 5.19 Å². The highest BCUT2D eigenvalue weighted by Gasteiger charge is 2.57. The highest BCUT2D eigenvalue weighted by molar-refractivity contribution is 6.93. The van der Waals surface area contributed by atoms with Crippen LogP contribution in [0.5, 0.6) is 0 Å². The summed E-state index contributed by atoms with van der Waals surface area (Å²) in [4.78, 5) is 27.0. The Morgan fingerprint density at radius 2 is 1.76 bits per heavy atom. The Morgan fingerprint density at radius 3 is 2.29 bits per heavy atom. The van der Waals surface area contributed by atoms with Crippen LogP contribution in [0.3, 0.4) is 0 Å². The fraction of sp³-hybridized carbons (Fsp3) is 0.400. The number of urea groups is 1. The number of imide groups is 1. The number of rotatable bonds is 2. The van der Waals surface area contributed by atoms with E-state index in [9.17, 15) is 14.9 Å². The van der Waals surface area contributed by atoms with Crippen LogP contribution in [0.25, 0.3) is 0 Å². The van der Waals surface area contributed by atoms with Gasteiger partial charge in [0.25, 0.3) is 0 Å². The second-order valence-electron chi connectivity index (χ2n) is 5.93. The summed E-state index contributed by atoms with van der Waals surface area (Å²) in [6, 6.07) is 11.6. The van der Waals surface area contributed by atoms with Crippen LogP contribution >= 0.6 is 0 Å². The van der Waals surface area contributed by atoms with Gasteiger partial charge in [0.2, 0.25) is 5.91 Å². The average Bonchev–Trinajstić information content (AvgIpc) is 2.49. The summed E-state index contributed by atoms with van der Waals surface area (Å²) in [5, 5.41) is 9.85. The first-order valence-electron chi connectivity index (χ1n) is 6.79. The standard InChI is InChI=1S/C15H19N3O2Si/c1-17-13(19)10-15(11-16,18(2)14(17)20)21(3,4)12-8-6-5-7-9-12/h5-9H,10H2,1-4H3. The number of benzene rings is 1. The molecule has 1 unspecified atom stereocenters. The third-order valence-electron chi connectivity index (χ3n) is 4.64. The molecule has 1 aliphatic rings. The zero-order valence-corrected chi connectivity index (χ0v) is 13.8. The lowest BCUT2D eigenvalue weighted by Crippen LogP contribution is -2.74. The Morgan fingerprint density at radius 1 is 1.19 bits per heavy atom. The fourth-order valence-corrected chi connectivity index (χ4v) is 6.25. The lowest BCUT2D eigenvalue weighted by atomic mass is 10.1. The molecule has 0 radical (unpaired) electrons. The molecule has 2 rings (SSSR count). The number of carbonyl (C=O) groups is 2. The average molecular weight is 301 g/mol. The van der Waals surface area contributed by atoms with Crippen LogP contribution in [-0.2, 0) is 4.79 Å². The monoisotopic (exact) mass is 301 g/mol. The van der Waals surface area contributed by atoms with Crippen LogP contribution in [-0.4, -0.2) is 49.1 Å². The van der Waals surface area contributed by atoms with E-state index < -0.39 is 19.3 Å². The highest BCUT2D eigenvalue weighted by Crippen LogP contribution is 2.34. The minimum Gasteiger partial charge on any atom is -0.311 e. The zero-order valence-electron chi connectivity index (χ0n) is 12.8. The molecule has 21 heavy (non-hydrogen) atoms. The smallest absolute Gasteiger partial charge is 0.311 e.